The maximum Gasteiger partial charge on any atom is 0.325 e. The molecule has 3 aliphatic rings. The molecule has 2 unspecified atom stereocenters. The monoisotopic (exact) mass is 462 g/mol. The van der Waals surface area contributed by atoms with Crippen LogP contribution in [0.15, 0.2) is 54.7 Å². The molecule has 0 radical (unpaired) electrons. The van der Waals surface area contributed by atoms with Gasteiger partial charge in [-0.05, 0) is 43.4 Å². The van der Waals surface area contributed by atoms with Gasteiger partial charge in [-0.1, -0.05) is 36.4 Å². The van der Waals surface area contributed by atoms with Gasteiger partial charge in [-0.25, -0.2) is 4.79 Å². The first-order valence-corrected chi connectivity index (χ1v) is 12.1. The Balaban J connectivity index is 1.34. The Labute approximate surface area is 199 Å². The number of piperidine rings is 1. The molecule has 4 heterocycles. The number of likely N-dealkylation sites (tertiary alicyclic amines) is 1. The summed E-state index contributed by atoms with van der Waals surface area (Å²) in [7, 11) is 0. The molecule has 8 nitrogen and oxygen atoms in total. The highest BCUT2D eigenvalue weighted by Crippen LogP contribution is 2.41. The first-order valence-electron chi connectivity index (χ1n) is 12.1. The predicted octanol–water partition coefficient (Wildman–Crippen LogP) is 2.49. The van der Waals surface area contributed by atoms with Crippen LogP contribution < -0.4 is 5.32 Å². The Morgan fingerprint density at radius 1 is 1.06 bits per heavy atom. The number of hydrogen-bond acceptors (Lipinski definition) is 5. The molecule has 0 aliphatic carbocycles. The van der Waals surface area contributed by atoms with E-state index in [1.54, 1.807) is 18.3 Å². The fourth-order valence-corrected chi connectivity index (χ4v) is 5.45. The molecule has 1 N–H and O–H groups in total. The van der Waals surface area contributed by atoms with Crippen LogP contribution in [-0.4, -0.2) is 65.0 Å². The Bertz CT molecular complexity index is 1030. The van der Waals surface area contributed by atoms with Gasteiger partial charge in [-0.3, -0.25) is 19.5 Å². The van der Waals surface area contributed by atoms with E-state index < -0.39 is 11.6 Å². The highest BCUT2D eigenvalue weighted by Gasteiger charge is 2.58. The minimum Gasteiger partial charge on any atom is -0.376 e. The van der Waals surface area contributed by atoms with Gasteiger partial charge in [0.1, 0.15) is 0 Å². The van der Waals surface area contributed by atoms with Crippen LogP contribution in [0.3, 0.4) is 0 Å². The van der Waals surface area contributed by atoms with E-state index in [0.717, 1.165) is 18.4 Å². The Morgan fingerprint density at radius 2 is 1.82 bits per heavy atom. The molecule has 3 fully saturated rings. The number of hydrogen-bond donors (Lipinski definition) is 1. The van der Waals surface area contributed by atoms with Crippen molar-refractivity contribution in [3.63, 3.8) is 0 Å². The standard InChI is InChI=1S/C26H30N4O4/c31-23(17-19-7-2-1-3-8-19)29-14-11-20(12-15-29)26(22-10-4-5-13-27-22)24(32)30(25(33)28-26)18-21-9-6-16-34-21/h1-5,7-8,10,13,20-21H,6,9,11-12,14-18H2,(H,28,33). The van der Waals surface area contributed by atoms with E-state index in [1.165, 1.54) is 4.90 Å². The summed E-state index contributed by atoms with van der Waals surface area (Å²) in [5.74, 6) is -0.340. The van der Waals surface area contributed by atoms with Gasteiger partial charge in [-0.2, -0.15) is 0 Å². The first kappa shape index (κ1) is 22.5. The zero-order valence-electron chi connectivity index (χ0n) is 19.2. The third-order valence-corrected chi connectivity index (χ3v) is 7.27. The lowest BCUT2D eigenvalue weighted by Gasteiger charge is -2.40. The molecular weight excluding hydrogens is 432 g/mol. The van der Waals surface area contributed by atoms with Crippen molar-refractivity contribution in [2.75, 3.05) is 26.2 Å². The molecule has 34 heavy (non-hydrogen) atoms. The topological polar surface area (TPSA) is 91.8 Å². The minimum absolute atomic E-state index is 0.0818. The first-order chi connectivity index (χ1) is 16.6. The molecule has 3 aliphatic heterocycles. The number of nitrogens with zero attached hydrogens (tertiary/aromatic N) is 3. The Hall–Kier alpha value is -3.26. The number of aromatic nitrogens is 1. The molecule has 0 spiro atoms. The third-order valence-electron chi connectivity index (χ3n) is 7.27. The van der Waals surface area contributed by atoms with E-state index in [4.69, 9.17) is 4.74 Å². The number of nitrogens with one attached hydrogen (secondary N) is 1. The van der Waals surface area contributed by atoms with Gasteiger partial charge in [0.2, 0.25) is 5.91 Å². The van der Waals surface area contributed by atoms with Crippen LogP contribution in [0.25, 0.3) is 0 Å². The second-order valence-electron chi connectivity index (χ2n) is 9.32. The van der Waals surface area contributed by atoms with Crippen molar-refractivity contribution in [3.8, 4) is 0 Å². The molecular formula is C26H30N4O4. The maximum atomic E-state index is 13.8. The minimum atomic E-state index is -1.22. The number of rotatable bonds is 6. The number of pyridine rings is 1. The number of carbonyl (C=O) groups is 3. The lowest BCUT2D eigenvalue weighted by Crippen LogP contribution is -2.55. The van der Waals surface area contributed by atoms with Crippen LogP contribution >= 0.6 is 0 Å². The lowest BCUT2D eigenvalue weighted by molar-refractivity contribution is -0.137. The van der Waals surface area contributed by atoms with Crippen LogP contribution in [0.2, 0.25) is 0 Å². The van der Waals surface area contributed by atoms with Crippen molar-refractivity contribution >= 4 is 17.8 Å². The summed E-state index contributed by atoms with van der Waals surface area (Å²) in [6.45, 7) is 2.00. The van der Waals surface area contributed by atoms with Gasteiger partial charge < -0.3 is 15.0 Å². The van der Waals surface area contributed by atoms with Gasteiger partial charge in [0.25, 0.3) is 5.91 Å². The summed E-state index contributed by atoms with van der Waals surface area (Å²) in [6.07, 6.45) is 4.89. The van der Waals surface area contributed by atoms with Crippen molar-refractivity contribution in [1.82, 2.24) is 20.1 Å². The fraction of sp³-hybridized carbons (Fsp3) is 0.462. The summed E-state index contributed by atoms with van der Waals surface area (Å²) >= 11 is 0. The number of imide groups is 1. The summed E-state index contributed by atoms with van der Waals surface area (Å²) in [5.41, 5.74) is 0.325. The Kier molecular flexibility index (Phi) is 6.32. The quantitative estimate of drug-likeness (QED) is 0.666. The van der Waals surface area contributed by atoms with Crippen LogP contribution in [0.1, 0.15) is 36.9 Å². The van der Waals surface area contributed by atoms with Gasteiger partial charge in [0, 0.05) is 31.8 Å². The molecule has 1 aromatic heterocycles. The molecule has 5 rings (SSSR count). The number of ether oxygens (including phenoxy) is 1. The number of urea groups is 1. The number of carbonyl (C=O) groups excluding carboxylic acids is 3. The van der Waals surface area contributed by atoms with E-state index in [2.05, 4.69) is 10.3 Å². The van der Waals surface area contributed by atoms with Crippen molar-refractivity contribution in [1.29, 1.82) is 0 Å². The summed E-state index contributed by atoms with van der Waals surface area (Å²) in [6, 6.07) is 14.8. The summed E-state index contributed by atoms with van der Waals surface area (Å²) in [5, 5.41) is 3.03. The zero-order valence-corrected chi connectivity index (χ0v) is 19.2. The van der Waals surface area contributed by atoms with E-state index in [1.807, 2.05) is 41.3 Å². The second-order valence-corrected chi connectivity index (χ2v) is 9.32. The van der Waals surface area contributed by atoms with Crippen LogP contribution in [-0.2, 0) is 26.3 Å². The largest absolute Gasteiger partial charge is 0.376 e. The van der Waals surface area contributed by atoms with Gasteiger partial charge >= 0.3 is 6.03 Å². The highest BCUT2D eigenvalue weighted by molar-refractivity contribution is 6.07. The van der Waals surface area contributed by atoms with Crippen LogP contribution in [0, 0.1) is 5.92 Å². The molecule has 2 atom stereocenters. The molecule has 0 bridgehead atoms. The highest BCUT2D eigenvalue weighted by atomic mass is 16.5. The van der Waals surface area contributed by atoms with Crippen molar-refractivity contribution < 1.29 is 19.1 Å². The smallest absolute Gasteiger partial charge is 0.325 e. The van der Waals surface area contributed by atoms with Crippen molar-refractivity contribution in [2.24, 2.45) is 5.92 Å². The molecule has 4 amide bonds. The Morgan fingerprint density at radius 3 is 2.50 bits per heavy atom. The average Bonchev–Trinajstić information content (AvgIpc) is 3.48. The van der Waals surface area contributed by atoms with Crippen LogP contribution in [0.4, 0.5) is 4.79 Å². The van der Waals surface area contributed by atoms with E-state index >= 15 is 0 Å². The van der Waals surface area contributed by atoms with E-state index in [-0.39, 0.29) is 30.4 Å². The molecule has 3 saturated heterocycles. The van der Waals surface area contributed by atoms with Crippen molar-refractivity contribution in [2.45, 2.75) is 43.7 Å². The normalized spacial score (nSPS) is 25.6. The average molecular weight is 463 g/mol. The number of amides is 4. The van der Waals surface area contributed by atoms with Crippen LogP contribution in [0.5, 0.6) is 0 Å². The second kappa shape index (κ2) is 9.54. The van der Waals surface area contributed by atoms with Gasteiger partial charge in [-0.15, -0.1) is 0 Å². The fourth-order valence-electron chi connectivity index (χ4n) is 5.45. The molecule has 178 valence electrons. The molecule has 0 saturated carbocycles. The van der Waals surface area contributed by atoms with Gasteiger partial charge in [0.15, 0.2) is 5.54 Å². The molecule has 2 aromatic rings. The van der Waals surface area contributed by atoms with Gasteiger partial charge in [0.05, 0.1) is 24.8 Å². The molecule has 8 heteroatoms. The summed E-state index contributed by atoms with van der Waals surface area (Å²) in [4.78, 5) is 47.4. The zero-order chi connectivity index (χ0) is 23.5. The SMILES string of the molecule is O=C(Cc1ccccc1)N1CCC(C2(c3ccccn3)NC(=O)N(CC3CCCO3)C2=O)CC1. The summed E-state index contributed by atoms with van der Waals surface area (Å²) < 4.78 is 5.69. The van der Waals surface area contributed by atoms with E-state index in [0.29, 0.717) is 44.7 Å². The van der Waals surface area contributed by atoms with E-state index in [9.17, 15) is 14.4 Å². The third kappa shape index (κ3) is 4.18. The maximum absolute atomic E-state index is 13.8. The predicted molar refractivity (Wildman–Crippen MR) is 125 cm³/mol. The molecule has 1 aromatic carbocycles. The lowest BCUT2D eigenvalue weighted by atomic mass is 9.75. The number of benzene rings is 1. The van der Waals surface area contributed by atoms with Crippen molar-refractivity contribution in [3.05, 3.63) is 66.0 Å².